The van der Waals surface area contributed by atoms with E-state index in [9.17, 15) is 0 Å². The molecule has 20 heavy (non-hydrogen) atoms. The van der Waals surface area contributed by atoms with Gasteiger partial charge in [0, 0.05) is 11.0 Å². The van der Waals surface area contributed by atoms with Crippen LogP contribution in [0.25, 0.3) is 16.5 Å². The van der Waals surface area contributed by atoms with Gasteiger partial charge < -0.3 is 9.73 Å². The average Bonchev–Trinajstić information content (AvgIpc) is 3.04. The molecule has 0 spiro atoms. The first-order valence-corrected chi connectivity index (χ1v) is 8.07. The third kappa shape index (κ3) is 2.11. The van der Waals surface area contributed by atoms with Crippen molar-refractivity contribution in [2.24, 2.45) is 0 Å². The third-order valence-corrected chi connectivity index (χ3v) is 5.46. The number of nitrogens with one attached hydrogen (secondary N) is 1. The number of hydrogen-bond acceptors (Lipinski definition) is 5. The molecule has 1 aliphatic rings. The number of thiazole rings is 1. The van der Waals surface area contributed by atoms with Gasteiger partial charge in [-0.15, -0.1) is 11.3 Å². The van der Waals surface area contributed by atoms with Crippen molar-refractivity contribution in [2.45, 2.75) is 4.90 Å². The minimum absolute atomic E-state index is 0.548. The lowest BCUT2D eigenvalue weighted by Gasteiger charge is -2.00. The van der Waals surface area contributed by atoms with E-state index in [2.05, 4.69) is 10.3 Å². The molecule has 0 atom stereocenters. The lowest BCUT2D eigenvalue weighted by Crippen LogP contribution is -1.88. The quantitative estimate of drug-likeness (QED) is 0.615. The fourth-order valence-electron chi connectivity index (χ4n) is 1.91. The Morgan fingerprint density at radius 1 is 1.25 bits per heavy atom. The third-order valence-electron chi connectivity index (χ3n) is 2.79. The Bertz CT molecular complexity index is 792. The molecule has 2 aromatic heterocycles. The summed E-state index contributed by atoms with van der Waals surface area (Å²) in [5.41, 5.74) is 1.64. The highest BCUT2D eigenvalue weighted by Gasteiger charge is 2.18. The molecule has 0 aliphatic carbocycles. The van der Waals surface area contributed by atoms with Gasteiger partial charge in [-0.05, 0) is 18.2 Å². The standard InChI is InChI=1S/C13H6Cl2N2OS2/c14-6-3-8-10(4-7(6)15)20-11(16-8)5-12-17-13-9(19-12)1-2-18-13/h1-5,16H/b11-5-. The lowest BCUT2D eigenvalue weighted by molar-refractivity contribution is 0.604. The first-order valence-electron chi connectivity index (χ1n) is 5.69. The monoisotopic (exact) mass is 340 g/mol. The molecule has 0 fully saturated rings. The highest BCUT2D eigenvalue weighted by atomic mass is 35.5. The van der Waals surface area contributed by atoms with Gasteiger partial charge in [-0.2, -0.15) is 0 Å². The summed E-state index contributed by atoms with van der Waals surface area (Å²) in [5.74, 6) is 0. The zero-order valence-corrected chi connectivity index (χ0v) is 13.0. The number of benzene rings is 1. The summed E-state index contributed by atoms with van der Waals surface area (Å²) in [6, 6.07) is 5.62. The van der Waals surface area contributed by atoms with E-state index in [0.717, 1.165) is 25.3 Å². The van der Waals surface area contributed by atoms with Gasteiger partial charge in [0.2, 0.25) is 5.71 Å². The highest BCUT2D eigenvalue weighted by Crippen LogP contribution is 2.45. The molecule has 3 nitrogen and oxygen atoms in total. The lowest BCUT2D eigenvalue weighted by atomic mass is 10.3. The number of anilines is 1. The number of halogens is 2. The molecule has 1 aromatic carbocycles. The number of fused-ring (bicyclic) bond motifs is 2. The van der Waals surface area contributed by atoms with Crippen LogP contribution in [0.5, 0.6) is 0 Å². The summed E-state index contributed by atoms with van der Waals surface area (Å²) in [5, 5.41) is 6.31. The molecule has 3 aromatic rings. The summed E-state index contributed by atoms with van der Waals surface area (Å²) in [6.45, 7) is 0. The second-order valence-electron chi connectivity index (χ2n) is 4.14. The number of hydrogen-bond donors (Lipinski definition) is 1. The second kappa shape index (κ2) is 4.70. The van der Waals surface area contributed by atoms with Crippen LogP contribution < -0.4 is 5.32 Å². The van der Waals surface area contributed by atoms with Crippen molar-refractivity contribution < 1.29 is 4.42 Å². The Morgan fingerprint density at radius 3 is 2.95 bits per heavy atom. The van der Waals surface area contributed by atoms with Crippen molar-refractivity contribution in [3.63, 3.8) is 0 Å². The molecule has 1 aliphatic heterocycles. The predicted molar refractivity (Wildman–Crippen MR) is 85.8 cm³/mol. The molecular formula is C13H6Cl2N2OS2. The summed E-state index contributed by atoms with van der Waals surface area (Å²) in [7, 11) is 0. The first kappa shape index (κ1) is 12.6. The van der Waals surface area contributed by atoms with Crippen LogP contribution in [-0.4, -0.2) is 4.98 Å². The van der Waals surface area contributed by atoms with Crippen LogP contribution >= 0.6 is 46.3 Å². The number of rotatable bonds is 1. The molecule has 0 radical (unpaired) electrons. The van der Waals surface area contributed by atoms with Crippen molar-refractivity contribution in [2.75, 3.05) is 5.32 Å². The van der Waals surface area contributed by atoms with Gasteiger partial charge in [-0.25, -0.2) is 4.98 Å². The van der Waals surface area contributed by atoms with E-state index in [1.165, 1.54) is 0 Å². The van der Waals surface area contributed by atoms with Crippen LogP contribution in [-0.2, 0) is 0 Å². The van der Waals surface area contributed by atoms with E-state index in [1.807, 2.05) is 24.3 Å². The second-order valence-corrected chi connectivity index (χ2v) is 7.10. The molecule has 3 heterocycles. The number of aromatic nitrogens is 1. The molecule has 0 saturated carbocycles. The fraction of sp³-hybridized carbons (Fsp3) is 0. The Labute approximate surface area is 132 Å². The summed E-state index contributed by atoms with van der Waals surface area (Å²) < 4.78 is 6.31. The van der Waals surface area contributed by atoms with Crippen LogP contribution in [0.1, 0.15) is 5.01 Å². The van der Waals surface area contributed by atoms with Gasteiger partial charge in [-0.1, -0.05) is 35.0 Å². The van der Waals surface area contributed by atoms with Gasteiger partial charge in [0.15, 0.2) is 0 Å². The van der Waals surface area contributed by atoms with Crippen molar-refractivity contribution >= 4 is 68.5 Å². The van der Waals surface area contributed by atoms with Gasteiger partial charge >= 0.3 is 0 Å². The molecule has 0 bridgehead atoms. The molecule has 100 valence electrons. The average molecular weight is 341 g/mol. The van der Waals surface area contributed by atoms with Gasteiger partial charge in [0.1, 0.15) is 5.01 Å². The Hall–Kier alpha value is -1.14. The number of furan rings is 1. The van der Waals surface area contributed by atoms with Crippen molar-refractivity contribution in [1.82, 2.24) is 4.98 Å². The maximum absolute atomic E-state index is 6.02. The minimum atomic E-state index is 0.548. The van der Waals surface area contributed by atoms with Gasteiger partial charge in [0.25, 0.3) is 0 Å². The first-order chi connectivity index (χ1) is 9.69. The van der Waals surface area contributed by atoms with Crippen LogP contribution in [0.15, 0.2) is 38.8 Å². The van der Waals surface area contributed by atoms with Crippen LogP contribution in [0.3, 0.4) is 0 Å². The maximum Gasteiger partial charge on any atom is 0.237 e. The summed E-state index contributed by atoms with van der Waals surface area (Å²) >= 11 is 15.2. The Balaban J connectivity index is 1.68. The Morgan fingerprint density at radius 2 is 2.10 bits per heavy atom. The SMILES string of the molecule is Clc1cc2c(cc1Cl)S/C(=C\c1nc3occc3s1)N2. The van der Waals surface area contributed by atoms with Crippen LogP contribution in [0.4, 0.5) is 5.69 Å². The smallest absolute Gasteiger partial charge is 0.237 e. The van der Waals surface area contributed by atoms with E-state index in [4.69, 9.17) is 27.6 Å². The maximum atomic E-state index is 6.02. The van der Waals surface area contributed by atoms with Crippen LogP contribution in [0.2, 0.25) is 10.0 Å². The Kier molecular flexibility index (Phi) is 2.96. The van der Waals surface area contributed by atoms with E-state index in [0.29, 0.717) is 15.8 Å². The van der Waals surface area contributed by atoms with Crippen molar-refractivity contribution in [3.8, 4) is 0 Å². The summed E-state index contributed by atoms with van der Waals surface area (Å²) in [4.78, 5) is 5.47. The normalized spacial score (nSPS) is 15.8. The predicted octanol–water partition coefficient (Wildman–Crippen LogP) is 5.71. The number of nitrogens with zero attached hydrogens (tertiary/aromatic N) is 1. The van der Waals surface area contributed by atoms with Gasteiger partial charge in [0.05, 0.1) is 31.7 Å². The zero-order chi connectivity index (χ0) is 13.7. The van der Waals surface area contributed by atoms with E-state index in [1.54, 1.807) is 29.4 Å². The fourth-order valence-corrected chi connectivity index (χ4v) is 4.18. The largest absolute Gasteiger partial charge is 0.445 e. The topological polar surface area (TPSA) is 38.1 Å². The van der Waals surface area contributed by atoms with Crippen LogP contribution in [0, 0.1) is 0 Å². The number of thioether (sulfide) groups is 1. The van der Waals surface area contributed by atoms with E-state index >= 15 is 0 Å². The molecular weight excluding hydrogens is 335 g/mol. The molecule has 4 rings (SSSR count). The minimum Gasteiger partial charge on any atom is -0.445 e. The zero-order valence-electron chi connectivity index (χ0n) is 9.81. The molecule has 0 unspecified atom stereocenters. The highest BCUT2D eigenvalue weighted by molar-refractivity contribution is 8.03. The molecule has 1 N–H and O–H groups in total. The summed E-state index contributed by atoms with van der Waals surface area (Å²) in [6.07, 6.45) is 3.64. The molecule has 0 amide bonds. The van der Waals surface area contributed by atoms with E-state index < -0.39 is 0 Å². The van der Waals surface area contributed by atoms with Crippen molar-refractivity contribution in [3.05, 3.63) is 44.5 Å². The van der Waals surface area contributed by atoms with Crippen molar-refractivity contribution in [1.29, 1.82) is 0 Å². The molecule has 7 heteroatoms. The van der Waals surface area contributed by atoms with Gasteiger partial charge in [-0.3, -0.25) is 0 Å². The van der Waals surface area contributed by atoms with E-state index in [-0.39, 0.29) is 0 Å². The molecule has 0 saturated heterocycles.